The van der Waals surface area contributed by atoms with Crippen LogP contribution in [0.5, 0.6) is 0 Å². The summed E-state index contributed by atoms with van der Waals surface area (Å²) in [5.41, 5.74) is 1.41. The molecule has 0 saturated carbocycles. The van der Waals surface area contributed by atoms with Gasteiger partial charge in [-0.1, -0.05) is 0 Å². The first-order chi connectivity index (χ1) is 9.20. The number of anilines is 1. The molecule has 0 aliphatic carbocycles. The lowest BCUT2D eigenvalue weighted by atomic mass is 10.2. The van der Waals surface area contributed by atoms with Crippen LogP contribution in [0.2, 0.25) is 0 Å². The van der Waals surface area contributed by atoms with Gasteiger partial charge in [0.25, 0.3) is 5.69 Å². The molecule has 6 nitrogen and oxygen atoms in total. The number of fused-ring (bicyclic) bond motifs is 1. The summed E-state index contributed by atoms with van der Waals surface area (Å²) in [7, 11) is 0. The van der Waals surface area contributed by atoms with Crippen LogP contribution in [0, 0.1) is 22.5 Å². The number of nitro benzene ring substituents is 1. The maximum absolute atomic E-state index is 10.7. The van der Waals surface area contributed by atoms with Crippen molar-refractivity contribution in [3.8, 4) is 12.3 Å². The highest BCUT2D eigenvalue weighted by Crippen LogP contribution is 2.20. The van der Waals surface area contributed by atoms with E-state index in [2.05, 4.69) is 21.2 Å². The third-order valence-electron chi connectivity index (χ3n) is 2.72. The number of unbranched alkanes of at least 4 members (excludes halogenated alkanes) is 2. The van der Waals surface area contributed by atoms with E-state index in [-0.39, 0.29) is 5.69 Å². The minimum Gasteiger partial charge on any atom is -0.356 e. The predicted molar refractivity (Wildman–Crippen MR) is 73.9 cm³/mol. The molecule has 0 aliphatic rings. The summed E-state index contributed by atoms with van der Waals surface area (Å²) in [4.78, 5) is 17.6. The van der Waals surface area contributed by atoms with Crippen LogP contribution in [-0.2, 0) is 0 Å². The van der Waals surface area contributed by atoms with E-state index in [0.717, 1.165) is 25.8 Å². The second-order valence-electron chi connectivity index (χ2n) is 4.13. The molecular formula is C13H14N4O2. The number of nitro groups is 1. The monoisotopic (exact) mass is 258 g/mol. The number of nitrogens with zero attached hydrogens (tertiary/aromatic N) is 2. The molecule has 0 amide bonds. The highest BCUT2D eigenvalue weighted by atomic mass is 16.6. The average Bonchev–Trinajstić information content (AvgIpc) is 2.80. The van der Waals surface area contributed by atoms with Crippen molar-refractivity contribution in [2.75, 3.05) is 11.9 Å². The summed E-state index contributed by atoms with van der Waals surface area (Å²) < 4.78 is 0. The predicted octanol–water partition coefficient (Wildman–Crippen LogP) is 2.69. The maximum Gasteiger partial charge on any atom is 0.271 e. The number of aromatic amines is 1. The average molecular weight is 258 g/mol. The van der Waals surface area contributed by atoms with E-state index in [1.54, 1.807) is 6.07 Å². The Morgan fingerprint density at radius 2 is 2.32 bits per heavy atom. The van der Waals surface area contributed by atoms with Gasteiger partial charge in [-0.2, -0.15) is 0 Å². The van der Waals surface area contributed by atoms with E-state index in [1.807, 2.05) is 0 Å². The minimum atomic E-state index is -0.423. The van der Waals surface area contributed by atoms with Crippen molar-refractivity contribution in [3.05, 3.63) is 28.3 Å². The van der Waals surface area contributed by atoms with Crippen LogP contribution < -0.4 is 5.32 Å². The van der Waals surface area contributed by atoms with Crippen LogP contribution in [-0.4, -0.2) is 21.4 Å². The molecule has 0 saturated heterocycles. The molecule has 2 N–H and O–H groups in total. The largest absolute Gasteiger partial charge is 0.356 e. The number of nitrogens with one attached hydrogen (secondary N) is 2. The van der Waals surface area contributed by atoms with Gasteiger partial charge in [0.05, 0.1) is 16.0 Å². The van der Waals surface area contributed by atoms with Crippen LogP contribution in [0.1, 0.15) is 19.3 Å². The SMILES string of the molecule is C#CCCCCNc1nc2ccc([N+](=O)[O-])cc2[nH]1. The molecule has 0 bridgehead atoms. The molecule has 0 spiro atoms. The van der Waals surface area contributed by atoms with Gasteiger partial charge < -0.3 is 10.3 Å². The lowest BCUT2D eigenvalue weighted by molar-refractivity contribution is -0.384. The van der Waals surface area contributed by atoms with Gasteiger partial charge in [0.1, 0.15) is 0 Å². The molecule has 2 rings (SSSR count). The minimum absolute atomic E-state index is 0.0525. The van der Waals surface area contributed by atoms with E-state index in [0.29, 0.717) is 17.0 Å². The first-order valence-electron chi connectivity index (χ1n) is 6.02. The smallest absolute Gasteiger partial charge is 0.271 e. The summed E-state index contributed by atoms with van der Waals surface area (Å²) in [5.74, 6) is 3.21. The Labute approximate surface area is 110 Å². The molecule has 1 aromatic heterocycles. The van der Waals surface area contributed by atoms with Crippen molar-refractivity contribution in [2.45, 2.75) is 19.3 Å². The number of hydrogen-bond acceptors (Lipinski definition) is 4. The van der Waals surface area contributed by atoms with E-state index in [9.17, 15) is 10.1 Å². The van der Waals surface area contributed by atoms with Crippen LogP contribution in [0.3, 0.4) is 0 Å². The van der Waals surface area contributed by atoms with Gasteiger partial charge in [-0.05, 0) is 18.9 Å². The lowest BCUT2D eigenvalue weighted by Gasteiger charge is -2.00. The number of rotatable bonds is 6. The fourth-order valence-electron chi connectivity index (χ4n) is 1.75. The highest BCUT2D eigenvalue weighted by molar-refractivity contribution is 5.79. The molecule has 0 fully saturated rings. The van der Waals surface area contributed by atoms with Gasteiger partial charge >= 0.3 is 0 Å². The van der Waals surface area contributed by atoms with Crippen LogP contribution in [0.4, 0.5) is 11.6 Å². The van der Waals surface area contributed by atoms with Gasteiger partial charge in [-0.25, -0.2) is 4.98 Å². The Hall–Kier alpha value is -2.55. The van der Waals surface area contributed by atoms with Gasteiger partial charge in [0.15, 0.2) is 0 Å². The highest BCUT2D eigenvalue weighted by Gasteiger charge is 2.09. The number of non-ortho nitro benzene ring substituents is 1. The molecule has 19 heavy (non-hydrogen) atoms. The summed E-state index contributed by atoms with van der Waals surface area (Å²) in [6, 6.07) is 4.55. The van der Waals surface area contributed by atoms with Crippen LogP contribution in [0.25, 0.3) is 11.0 Å². The van der Waals surface area contributed by atoms with Crippen molar-refractivity contribution in [1.82, 2.24) is 9.97 Å². The Kier molecular flexibility index (Phi) is 3.98. The zero-order valence-corrected chi connectivity index (χ0v) is 10.3. The van der Waals surface area contributed by atoms with Crippen molar-refractivity contribution < 1.29 is 4.92 Å². The van der Waals surface area contributed by atoms with E-state index in [4.69, 9.17) is 6.42 Å². The van der Waals surface area contributed by atoms with Gasteiger partial charge in [-0.15, -0.1) is 12.3 Å². The first-order valence-corrected chi connectivity index (χ1v) is 6.02. The Balaban J connectivity index is 2.01. The molecule has 2 aromatic rings. The number of imidazole rings is 1. The zero-order chi connectivity index (χ0) is 13.7. The topological polar surface area (TPSA) is 83.8 Å². The molecule has 0 atom stereocenters. The Bertz CT molecular complexity index is 627. The van der Waals surface area contributed by atoms with Crippen molar-refractivity contribution in [2.24, 2.45) is 0 Å². The molecule has 6 heteroatoms. The standard InChI is InChI=1S/C13H14N4O2/c1-2-3-4-5-8-14-13-15-11-7-6-10(17(18)19)9-12(11)16-13/h1,6-7,9H,3-5,8H2,(H2,14,15,16). The Morgan fingerprint density at radius 1 is 1.47 bits per heavy atom. The number of benzene rings is 1. The molecule has 0 unspecified atom stereocenters. The van der Waals surface area contributed by atoms with Crippen molar-refractivity contribution in [1.29, 1.82) is 0 Å². The second-order valence-corrected chi connectivity index (χ2v) is 4.13. The van der Waals surface area contributed by atoms with E-state index < -0.39 is 4.92 Å². The van der Waals surface area contributed by atoms with Gasteiger partial charge in [0, 0.05) is 25.1 Å². The molecule has 0 aliphatic heterocycles. The summed E-state index contributed by atoms with van der Waals surface area (Å²) >= 11 is 0. The summed E-state index contributed by atoms with van der Waals surface area (Å²) in [5, 5.41) is 13.8. The first kappa shape index (κ1) is 12.9. The Morgan fingerprint density at radius 3 is 3.05 bits per heavy atom. The van der Waals surface area contributed by atoms with Crippen LogP contribution in [0.15, 0.2) is 18.2 Å². The lowest BCUT2D eigenvalue weighted by Crippen LogP contribution is -2.02. The molecule has 98 valence electrons. The molecule has 1 aromatic carbocycles. The summed E-state index contributed by atoms with van der Waals surface area (Å²) in [6.45, 7) is 0.767. The fraction of sp³-hybridized carbons (Fsp3) is 0.308. The number of H-pyrrole nitrogens is 1. The van der Waals surface area contributed by atoms with Crippen LogP contribution >= 0.6 is 0 Å². The summed E-state index contributed by atoms with van der Waals surface area (Å²) in [6.07, 6.45) is 7.87. The van der Waals surface area contributed by atoms with Crippen molar-refractivity contribution >= 4 is 22.7 Å². The third-order valence-corrected chi connectivity index (χ3v) is 2.72. The number of hydrogen-bond donors (Lipinski definition) is 2. The molecular weight excluding hydrogens is 244 g/mol. The quantitative estimate of drug-likeness (QED) is 0.361. The third kappa shape index (κ3) is 3.22. The number of aromatic nitrogens is 2. The van der Waals surface area contributed by atoms with Crippen molar-refractivity contribution in [3.63, 3.8) is 0 Å². The molecule has 1 heterocycles. The fourth-order valence-corrected chi connectivity index (χ4v) is 1.75. The molecule has 0 radical (unpaired) electrons. The zero-order valence-electron chi connectivity index (χ0n) is 10.3. The van der Waals surface area contributed by atoms with Gasteiger partial charge in [0.2, 0.25) is 5.95 Å². The normalized spacial score (nSPS) is 10.3. The van der Waals surface area contributed by atoms with E-state index in [1.165, 1.54) is 12.1 Å². The van der Waals surface area contributed by atoms with Gasteiger partial charge in [-0.3, -0.25) is 10.1 Å². The second kappa shape index (κ2) is 5.87. The van der Waals surface area contributed by atoms with E-state index >= 15 is 0 Å². The number of terminal acetylenes is 1. The maximum atomic E-state index is 10.7.